The van der Waals surface area contributed by atoms with E-state index in [0.29, 0.717) is 12.1 Å². The SMILES string of the molecule is COc1ccc([C@H]2N[C@H]2c2ccncc2)cc1. The summed E-state index contributed by atoms with van der Waals surface area (Å²) < 4.78 is 5.15. The van der Waals surface area contributed by atoms with E-state index in [-0.39, 0.29) is 0 Å². The molecule has 3 nitrogen and oxygen atoms in total. The first-order valence-electron chi connectivity index (χ1n) is 5.68. The van der Waals surface area contributed by atoms with Crippen LogP contribution in [0.4, 0.5) is 0 Å². The second-order valence-electron chi connectivity index (χ2n) is 4.18. The van der Waals surface area contributed by atoms with Gasteiger partial charge in [0, 0.05) is 12.4 Å². The zero-order chi connectivity index (χ0) is 11.7. The molecule has 3 heteroatoms. The molecule has 86 valence electrons. The van der Waals surface area contributed by atoms with Crippen molar-refractivity contribution in [3.63, 3.8) is 0 Å². The van der Waals surface area contributed by atoms with E-state index < -0.39 is 0 Å². The van der Waals surface area contributed by atoms with Crippen LogP contribution >= 0.6 is 0 Å². The molecule has 1 aliphatic rings. The highest BCUT2D eigenvalue weighted by atomic mass is 16.5. The molecule has 0 amide bonds. The summed E-state index contributed by atoms with van der Waals surface area (Å²) in [5.41, 5.74) is 2.59. The van der Waals surface area contributed by atoms with Crippen LogP contribution in [0.3, 0.4) is 0 Å². The van der Waals surface area contributed by atoms with Crippen LogP contribution in [0.25, 0.3) is 0 Å². The highest BCUT2D eigenvalue weighted by Crippen LogP contribution is 2.42. The van der Waals surface area contributed by atoms with Gasteiger partial charge < -0.3 is 4.74 Å². The van der Waals surface area contributed by atoms with Gasteiger partial charge in [0.1, 0.15) is 5.75 Å². The number of nitrogens with one attached hydrogen (secondary N) is 1. The number of methoxy groups -OCH3 is 1. The summed E-state index contributed by atoms with van der Waals surface area (Å²) in [6, 6.07) is 13.2. The quantitative estimate of drug-likeness (QED) is 0.818. The van der Waals surface area contributed by atoms with E-state index in [1.54, 1.807) is 7.11 Å². The van der Waals surface area contributed by atoms with E-state index in [4.69, 9.17) is 4.74 Å². The van der Waals surface area contributed by atoms with Crippen LogP contribution in [0.15, 0.2) is 48.8 Å². The van der Waals surface area contributed by atoms with E-state index >= 15 is 0 Å². The normalized spacial score (nSPS) is 22.2. The molecule has 0 aliphatic carbocycles. The summed E-state index contributed by atoms with van der Waals surface area (Å²) in [6.07, 6.45) is 3.67. The summed E-state index contributed by atoms with van der Waals surface area (Å²) in [6.45, 7) is 0. The molecule has 0 bridgehead atoms. The molecular formula is C14H14N2O. The van der Waals surface area contributed by atoms with Crippen molar-refractivity contribution in [2.75, 3.05) is 7.11 Å². The Morgan fingerprint density at radius 2 is 1.53 bits per heavy atom. The molecule has 1 aliphatic heterocycles. The first kappa shape index (κ1) is 10.3. The molecule has 17 heavy (non-hydrogen) atoms. The minimum absolute atomic E-state index is 0.420. The second kappa shape index (κ2) is 4.18. The third-order valence-electron chi connectivity index (χ3n) is 3.12. The molecule has 1 aromatic heterocycles. The van der Waals surface area contributed by atoms with Crippen LogP contribution in [-0.4, -0.2) is 12.1 Å². The molecule has 0 saturated carbocycles. The zero-order valence-electron chi connectivity index (χ0n) is 9.63. The average Bonchev–Trinajstić information content (AvgIpc) is 3.20. The van der Waals surface area contributed by atoms with Gasteiger partial charge in [-0.25, -0.2) is 0 Å². The Balaban J connectivity index is 1.76. The number of nitrogens with zero attached hydrogens (tertiary/aromatic N) is 1. The van der Waals surface area contributed by atoms with Crippen LogP contribution in [0, 0.1) is 0 Å². The number of aromatic nitrogens is 1. The lowest BCUT2D eigenvalue weighted by atomic mass is 10.1. The molecule has 0 spiro atoms. The summed E-state index contributed by atoms with van der Waals surface area (Å²) in [4.78, 5) is 4.03. The Kier molecular flexibility index (Phi) is 2.53. The molecule has 1 saturated heterocycles. The molecule has 2 aromatic rings. The summed E-state index contributed by atoms with van der Waals surface area (Å²) in [7, 11) is 1.68. The van der Waals surface area contributed by atoms with Gasteiger partial charge in [-0.3, -0.25) is 10.3 Å². The number of hydrogen-bond acceptors (Lipinski definition) is 3. The van der Waals surface area contributed by atoms with Crippen LogP contribution in [0.2, 0.25) is 0 Å². The summed E-state index contributed by atoms with van der Waals surface area (Å²) in [5.74, 6) is 0.898. The van der Waals surface area contributed by atoms with Crippen molar-refractivity contribution in [3.05, 3.63) is 59.9 Å². The molecule has 3 rings (SSSR count). The number of hydrogen-bond donors (Lipinski definition) is 1. The van der Waals surface area contributed by atoms with Gasteiger partial charge in [0.25, 0.3) is 0 Å². The minimum Gasteiger partial charge on any atom is -0.497 e. The van der Waals surface area contributed by atoms with Gasteiger partial charge in [-0.2, -0.15) is 0 Å². The van der Waals surface area contributed by atoms with Gasteiger partial charge in [-0.15, -0.1) is 0 Å². The predicted octanol–water partition coefficient (Wildman–Crippen LogP) is 2.48. The fourth-order valence-corrected chi connectivity index (χ4v) is 2.10. The van der Waals surface area contributed by atoms with Crippen molar-refractivity contribution in [1.29, 1.82) is 0 Å². The third kappa shape index (κ3) is 2.01. The van der Waals surface area contributed by atoms with Gasteiger partial charge in [-0.1, -0.05) is 12.1 Å². The molecule has 1 fully saturated rings. The molecule has 2 heterocycles. The van der Waals surface area contributed by atoms with Crippen molar-refractivity contribution in [1.82, 2.24) is 10.3 Å². The molecular weight excluding hydrogens is 212 g/mol. The van der Waals surface area contributed by atoms with Crippen molar-refractivity contribution < 1.29 is 4.74 Å². The Bertz CT molecular complexity index is 495. The Morgan fingerprint density at radius 1 is 0.941 bits per heavy atom. The Hall–Kier alpha value is -1.87. The van der Waals surface area contributed by atoms with Crippen molar-refractivity contribution >= 4 is 0 Å². The van der Waals surface area contributed by atoms with Crippen molar-refractivity contribution in [3.8, 4) is 5.75 Å². The standard InChI is InChI=1S/C14H14N2O/c1-17-12-4-2-10(3-5-12)13-14(16-13)11-6-8-15-9-7-11/h2-9,13-14,16H,1H3/t13-,14+/m1/s1. The summed E-state index contributed by atoms with van der Waals surface area (Å²) in [5, 5.41) is 3.47. The average molecular weight is 226 g/mol. The maximum atomic E-state index is 5.15. The Labute approximate surface area is 100 Å². The van der Waals surface area contributed by atoms with Gasteiger partial charge in [0.15, 0.2) is 0 Å². The van der Waals surface area contributed by atoms with Crippen LogP contribution in [0.1, 0.15) is 23.2 Å². The second-order valence-corrected chi connectivity index (χ2v) is 4.18. The molecule has 2 atom stereocenters. The fourth-order valence-electron chi connectivity index (χ4n) is 2.10. The lowest BCUT2D eigenvalue weighted by Gasteiger charge is -2.01. The van der Waals surface area contributed by atoms with E-state index in [1.165, 1.54) is 11.1 Å². The monoisotopic (exact) mass is 226 g/mol. The topological polar surface area (TPSA) is 44.1 Å². The predicted molar refractivity (Wildman–Crippen MR) is 65.8 cm³/mol. The van der Waals surface area contributed by atoms with Crippen LogP contribution in [-0.2, 0) is 0 Å². The largest absolute Gasteiger partial charge is 0.497 e. The van der Waals surface area contributed by atoms with E-state index in [1.807, 2.05) is 24.5 Å². The maximum Gasteiger partial charge on any atom is 0.118 e. The minimum atomic E-state index is 0.420. The zero-order valence-corrected chi connectivity index (χ0v) is 9.63. The smallest absolute Gasteiger partial charge is 0.118 e. The van der Waals surface area contributed by atoms with Crippen LogP contribution in [0.5, 0.6) is 5.75 Å². The molecule has 0 unspecified atom stereocenters. The van der Waals surface area contributed by atoms with Gasteiger partial charge >= 0.3 is 0 Å². The summed E-state index contributed by atoms with van der Waals surface area (Å²) >= 11 is 0. The maximum absolute atomic E-state index is 5.15. The lowest BCUT2D eigenvalue weighted by molar-refractivity contribution is 0.414. The number of ether oxygens (including phenoxy) is 1. The van der Waals surface area contributed by atoms with E-state index in [0.717, 1.165) is 5.75 Å². The molecule has 1 N–H and O–H groups in total. The van der Waals surface area contributed by atoms with E-state index in [2.05, 4.69) is 34.6 Å². The van der Waals surface area contributed by atoms with Crippen molar-refractivity contribution in [2.45, 2.75) is 12.1 Å². The van der Waals surface area contributed by atoms with Crippen molar-refractivity contribution in [2.24, 2.45) is 0 Å². The number of pyridine rings is 1. The Morgan fingerprint density at radius 3 is 2.12 bits per heavy atom. The lowest BCUT2D eigenvalue weighted by Crippen LogP contribution is -1.86. The third-order valence-corrected chi connectivity index (χ3v) is 3.12. The van der Waals surface area contributed by atoms with Gasteiger partial charge in [0.2, 0.25) is 0 Å². The van der Waals surface area contributed by atoms with Gasteiger partial charge in [0.05, 0.1) is 19.2 Å². The highest BCUT2D eigenvalue weighted by molar-refractivity contribution is 5.36. The number of benzene rings is 1. The number of rotatable bonds is 3. The molecule has 1 aromatic carbocycles. The van der Waals surface area contributed by atoms with E-state index in [9.17, 15) is 0 Å². The molecule has 0 radical (unpaired) electrons. The van der Waals surface area contributed by atoms with Gasteiger partial charge in [-0.05, 0) is 35.4 Å². The first-order chi connectivity index (χ1) is 8.38. The first-order valence-corrected chi connectivity index (χ1v) is 5.68. The highest BCUT2D eigenvalue weighted by Gasteiger charge is 2.38. The van der Waals surface area contributed by atoms with Crippen LogP contribution < -0.4 is 10.1 Å². The fraction of sp³-hybridized carbons (Fsp3) is 0.214.